The van der Waals surface area contributed by atoms with Crippen molar-refractivity contribution < 1.29 is 13.6 Å². The van der Waals surface area contributed by atoms with Gasteiger partial charge in [-0.05, 0) is 42.2 Å². The number of hydrogen-bond donors (Lipinski definition) is 1. The van der Waals surface area contributed by atoms with Crippen molar-refractivity contribution in [3.63, 3.8) is 0 Å². The molecule has 2 aromatic heterocycles. The quantitative estimate of drug-likeness (QED) is 0.651. The number of carbonyl (C=O) groups excluding carboxylic acids is 1. The fourth-order valence-electron chi connectivity index (χ4n) is 3.18. The van der Waals surface area contributed by atoms with Gasteiger partial charge in [-0.1, -0.05) is 26.5 Å². The van der Waals surface area contributed by atoms with Crippen LogP contribution in [0, 0.1) is 18.6 Å². The maximum absolute atomic E-state index is 14.1. The number of hydrogen-bond acceptors (Lipinski definition) is 5. The smallest absolute Gasteiger partial charge is 0.270 e. The summed E-state index contributed by atoms with van der Waals surface area (Å²) in [6, 6.07) is 4.39. The van der Waals surface area contributed by atoms with E-state index < -0.39 is 29.6 Å². The fourth-order valence-corrected chi connectivity index (χ4v) is 3.18. The number of carbonyl (C=O) groups is 1. The van der Waals surface area contributed by atoms with Crippen LogP contribution in [0.3, 0.4) is 0 Å². The van der Waals surface area contributed by atoms with Crippen LogP contribution < -0.4 is 10.9 Å². The van der Waals surface area contributed by atoms with E-state index in [1.54, 1.807) is 13.0 Å². The van der Waals surface area contributed by atoms with Crippen molar-refractivity contribution in [2.45, 2.75) is 33.2 Å². The molecule has 0 saturated carbocycles. The van der Waals surface area contributed by atoms with Gasteiger partial charge in [-0.3, -0.25) is 9.59 Å². The molecule has 3 rings (SSSR count). The van der Waals surface area contributed by atoms with Crippen LogP contribution in [-0.2, 0) is 11.3 Å². The second-order valence-electron chi connectivity index (χ2n) is 7.25. The first-order chi connectivity index (χ1) is 14.7. The molecule has 0 aliphatic heterocycles. The van der Waals surface area contributed by atoms with E-state index in [1.807, 2.05) is 13.8 Å². The van der Waals surface area contributed by atoms with Gasteiger partial charge >= 0.3 is 0 Å². The second-order valence-corrected chi connectivity index (χ2v) is 7.25. The van der Waals surface area contributed by atoms with E-state index >= 15 is 0 Å². The van der Waals surface area contributed by atoms with E-state index in [0.29, 0.717) is 27.9 Å². The molecule has 7 nitrogen and oxygen atoms in total. The minimum Gasteiger partial charge on any atom is -0.307 e. The standard InChI is InChI=1S/C22H21F2N5O2/c1-5-14-6-15(8-16(23)7-14)19-13(4)22(31)29(28-20(19)12(2)3)10-18(30)27-21-17(24)9-25-11-26-21/h5-9,11-12H,1,10H2,2-4H3,(H,25,26,27,30). The van der Waals surface area contributed by atoms with E-state index in [-0.39, 0.29) is 11.7 Å². The van der Waals surface area contributed by atoms with Gasteiger partial charge in [0.25, 0.3) is 5.56 Å². The van der Waals surface area contributed by atoms with E-state index in [9.17, 15) is 18.4 Å². The van der Waals surface area contributed by atoms with Crippen LogP contribution in [0.4, 0.5) is 14.6 Å². The predicted molar refractivity (Wildman–Crippen MR) is 113 cm³/mol. The largest absolute Gasteiger partial charge is 0.307 e. The summed E-state index contributed by atoms with van der Waals surface area (Å²) in [4.78, 5) is 32.5. The minimum atomic E-state index is -0.797. The lowest BCUT2D eigenvalue weighted by Gasteiger charge is -2.18. The molecule has 9 heteroatoms. The lowest BCUT2D eigenvalue weighted by Crippen LogP contribution is -2.33. The fraction of sp³-hybridized carbons (Fsp3) is 0.227. The summed E-state index contributed by atoms with van der Waals surface area (Å²) in [5.41, 5.74) is 1.92. The molecule has 31 heavy (non-hydrogen) atoms. The molecule has 3 aromatic rings. The Bertz CT molecular complexity index is 1220. The molecule has 0 fully saturated rings. The highest BCUT2D eigenvalue weighted by Gasteiger charge is 2.20. The Hall–Kier alpha value is -3.75. The van der Waals surface area contributed by atoms with Gasteiger partial charge in [0, 0.05) is 11.1 Å². The molecule has 0 unspecified atom stereocenters. The number of rotatable bonds is 6. The summed E-state index contributed by atoms with van der Waals surface area (Å²) in [6.07, 6.45) is 3.52. The summed E-state index contributed by atoms with van der Waals surface area (Å²) in [5.74, 6) is -2.35. The van der Waals surface area contributed by atoms with E-state index in [1.165, 1.54) is 18.2 Å². The zero-order valence-electron chi connectivity index (χ0n) is 17.3. The number of nitrogens with zero attached hydrogens (tertiary/aromatic N) is 4. The Labute approximate surface area is 177 Å². The highest BCUT2D eigenvalue weighted by atomic mass is 19.1. The van der Waals surface area contributed by atoms with Crippen LogP contribution in [0.15, 0.2) is 42.1 Å². The first kappa shape index (κ1) is 21.9. The van der Waals surface area contributed by atoms with Gasteiger partial charge < -0.3 is 5.32 Å². The molecular weight excluding hydrogens is 404 g/mol. The predicted octanol–water partition coefficient (Wildman–Crippen LogP) is 3.69. The highest BCUT2D eigenvalue weighted by Crippen LogP contribution is 2.30. The monoisotopic (exact) mass is 425 g/mol. The first-order valence-corrected chi connectivity index (χ1v) is 9.51. The topological polar surface area (TPSA) is 89.8 Å². The van der Waals surface area contributed by atoms with E-state index in [0.717, 1.165) is 17.2 Å². The number of nitrogens with one attached hydrogen (secondary N) is 1. The molecule has 1 amide bonds. The number of amides is 1. The molecule has 1 N–H and O–H groups in total. The normalized spacial score (nSPS) is 10.9. The molecule has 0 spiro atoms. The van der Waals surface area contributed by atoms with Crippen molar-refractivity contribution in [3.05, 3.63) is 76.1 Å². The van der Waals surface area contributed by atoms with Crippen LogP contribution in [0.2, 0.25) is 0 Å². The lowest BCUT2D eigenvalue weighted by molar-refractivity contribution is -0.117. The lowest BCUT2D eigenvalue weighted by atomic mass is 9.93. The third-order valence-electron chi connectivity index (χ3n) is 4.62. The average molecular weight is 425 g/mol. The van der Waals surface area contributed by atoms with Crippen LogP contribution >= 0.6 is 0 Å². The van der Waals surface area contributed by atoms with Gasteiger partial charge in [0.15, 0.2) is 11.6 Å². The van der Waals surface area contributed by atoms with Crippen LogP contribution in [0.25, 0.3) is 17.2 Å². The maximum atomic E-state index is 14.1. The van der Waals surface area contributed by atoms with E-state index in [4.69, 9.17) is 0 Å². The Morgan fingerprint density at radius 3 is 2.68 bits per heavy atom. The zero-order chi connectivity index (χ0) is 22.7. The molecule has 0 atom stereocenters. The zero-order valence-corrected chi connectivity index (χ0v) is 17.3. The number of aromatic nitrogens is 4. The Morgan fingerprint density at radius 2 is 2.03 bits per heavy atom. The Balaban J connectivity index is 2.04. The van der Waals surface area contributed by atoms with Gasteiger partial charge in [-0.2, -0.15) is 5.10 Å². The highest BCUT2D eigenvalue weighted by molar-refractivity contribution is 5.89. The SMILES string of the molecule is C=Cc1cc(F)cc(-c2c(C(C)C)nn(CC(=O)Nc3ncncc3F)c(=O)c2C)c1. The van der Waals surface area contributed by atoms with Gasteiger partial charge in [-0.25, -0.2) is 23.4 Å². The first-order valence-electron chi connectivity index (χ1n) is 9.51. The van der Waals surface area contributed by atoms with Crippen LogP contribution in [-0.4, -0.2) is 25.7 Å². The van der Waals surface area contributed by atoms with E-state index in [2.05, 4.69) is 27.0 Å². The third kappa shape index (κ3) is 4.71. The summed E-state index contributed by atoms with van der Waals surface area (Å²) < 4.78 is 28.8. The van der Waals surface area contributed by atoms with Crippen molar-refractivity contribution in [2.24, 2.45) is 0 Å². The summed E-state index contributed by atoms with van der Waals surface area (Å²) in [5, 5.41) is 6.66. The molecule has 0 radical (unpaired) electrons. The molecular formula is C22H21F2N5O2. The average Bonchev–Trinajstić information content (AvgIpc) is 2.72. The van der Waals surface area contributed by atoms with Gasteiger partial charge in [-0.15, -0.1) is 0 Å². The van der Waals surface area contributed by atoms with Gasteiger partial charge in [0.05, 0.1) is 11.9 Å². The van der Waals surface area contributed by atoms with Crippen molar-refractivity contribution >= 4 is 17.8 Å². The van der Waals surface area contributed by atoms with Crippen LogP contribution in [0.5, 0.6) is 0 Å². The molecule has 0 aliphatic rings. The Kier molecular flexibility index (Phi) is 6.33. The molecule has 160 valence electrons. The minimum absolute atomic E-state index is 0.127. The number of benzene rings is 1. The summed E-state index contributed by atoms with van der Waals surface area (Å²) in [6.45, 7) is 8.58. The molecule has 0 saturated heterocycles. The summed E-state index contributed by atoms with van der Waals surface area (Å²) >= 11 is 0. The van der Waals surface area contributed by atoms with Gasteiger partial charge in [0.1, 0.15) is 18.7 Å². The number of halogens is 2. The Morgan fingerprint density at radius 1 is 1.29 bits per heavy atom. The van der Waals surface area contributed by atoms with Crippen molar-refractivity contribution in [1.82, 2.24) is 19.7 Å². The van der Waals surface area contributed by atoms with Crippen LogP contribution in [0.1, 0.15) is 36.6 Å². The third-order valence-corrected chi connectivity index (χ3v) is 4.62. The van der Waals surface area contributed by atoms with Crippen molar-refractivity contribution in [3.8, 4) is 11.1 Å². The van der Waals surface area contributed by atoms with Gasteiger partial charge in [0.2, 0.25) is 5.91 Å². The molecule has 0 aliphatic carbocycles. The second kappa shape index (κ2) is 8.95. The molecule has 2 heterocycles. The molecule has 1 aromatic carbocycles. The maximum Gasteiger partial charge on any atom is 0.270 e. The number of anilines is 1. The molecule has 0 bridgehead atoms. The summed E-state index contributed by atoms with van der Waals surface area (Å²) in [7, 11) is 0. The van der Waals surface area contributed by atoms with Crippen molar-refractivity contribution in [1.29, 1.82) is 0 Å². The van der Waals surface area contributed by atoms with Crippen molar-refractivity contribution in [2.75, 3.05) is 5.32 Å².